The lowest BCUT2D eigenvalue weighted by Crippen LogP contribution is -2.10. The Morgan fingerprint density at radius 2 is 2.00 bits per heavy atom. The normalized spacial score (nSPS) is 14.8. The minimum absolute atomic E-state index is 0.651. The van der Waals surface area contributed by atoms with Gasteiger partial charge in [-0.1, -0.05) is 42.1 Å². The molecule has 1 nitrogen and oxygen atoms in total. The van der Waals surface area contributed by atoms with Crippen molar-refractivity contribution in [3.8, 4) is 0 Å². The lowest BCUT2D eigenvalue weighted by Gasteiger charge is -2.21. The lowest BCUT2D eigenvalue weighted by molar-refractivity contribution is 0.381. The molecule has 0 fully saturated rings. The zero-order valence-corrected chi connectivity index (χ0v) is 11.3. The second-order valence-electron chi connectivity index (χ2n) is 3.19. The molecule has 1 aromatic carbocycles. The van der Waals surface area contributed by atoms with Crippen molar-refractivity contribution in [3.63, 3.8) is 0 Å². The number of hydrogen-bond acceptors (Lipinski definition) is 2. The molecular weight excluding hydrogens is 247 g/mol. The van der Waals surface area contributed by atoms with E-state index < -0.39 is 6.26 Å². The highest BCUT2D eigenvalue weighted by atomic mass is 35.5. The van der Waals surface area contributed by atoms with Gasteiger partial charge >= 0.3 is 0 Å². The molecule has 1 atom stereocenters. The Labute approximate surface area is 102 Å². The molecule has 0 aliphatic rings. The summed E-state index contributed by atoms with van der Waals surface area (Å²) in [6, 6.07) is 10.1. The van der Waals surface area contributed by atoms with Gasteiger partial charge in [0, 0.05) is 24.0 Å². The second kappa shape index (κ2) is 6.65. The van der Waals surface area contributed by atoms with E-state index in [1.165, 1.54) is 0 Å². The van der Waals surface area contributed by atoms with Crippen molar-refractivity contribution >= 4 is 35.0 Å². The van der Waals surface area contributed by atoms with E-state index in [0.717, 1.165) is 17.9 Å². The van der Waals surface area contributed by atoms with E-state index in [-0.39, 0.29) is 0 Å². The minimum Gasteiger partial charge on any atom is -0.347 e. The Hall–Kier alpha value is 0.120. The zero-order valence-electron chi connectivity index (χ0n) is 8.86. The maximum Gasteiger partial charge on any atom is 0.0947 e. The molecule has 0 aliphatic carbocycles. The SMILES string of the molecule is CCOP(=S)(CCCCl)c1ccccc1. The first-order chi connectivity index (χ1) is 7.23. The average Bonchev–Trinajstić information content (AvgIpc) is 2.28. The van der Waals surface area contributed by atoms with E-state index in [2.05, 4.69) is 12.1 Å². The molecule has 1 aromatic rings. The summed E-state index contributed by atoms with van der Waals surface area (Å²) in [6.07, 6.45) is -0.0225. The van der Waals surface area contributed by atoms with E-state index in [0.29, 0.717) is 12.5 Å². The van der Waals surface area contributed by atoms with Crippen LogP contribution in [-0.4, -0.2) is 18.6 Å². The molecule has 0 spiro atoms. The van der Waals surface area contributed by atoms with Gasteiger partial charge in [0.25, 0.3) is 0 Å². The van der Waals surface area contributed by atoms with Gasteiger partial charge in [0.2, 0.25) is 0 Å². The molecule has 0 aromatic heterocycles. The van der Waals surface area contributed by atoms with Crippen LogP contribution in [-0.2, 0) is 16.3 Å². The summed E-state index contributed by atoms with van der Waals surface area (Å²) < 4.78 is 5.78. The number of benzene rings is 1. The van der Waals surface area contributed by atoms with Crippen LogP contribution in [0.1, 0.15) is 13.3 Å². The summed E-state index contributed by atoms with van der Waals surface area (Å²) in [7, 11) is 0. The van der Waals surface area contributed by atoms with Crippen molar-refractivity contribution in [2.75, 3.05) is 18.6 Å². The van der Waals surface area contributed by atoms with Gasteiger partial charge in [0.15, 0.2) is 0 Å². The first kappa shape index (κ1) is 13.2. The Bertz CT molecular complexity index is 329. The fourth-order valence-electron chi connectivity index (χ4n) is 1.40. The molecule has 4 heteroatoms. The number of rotatable bonds is 6. The largest absolute Gasteiger partial charge is 0.347 e. The summed E-state index contributed by atoms with van der Waals surface area (Å²) in [6.45, 7) is 2.67. The van der Waals surface area contributed by atoms with Gasteiger partial charge in [0.1, 0.15) is 0 Å². The lowest BCUT2D eigenvalue weighted by atomic mass is 10.4. The van der Waals surface area contributed by atoms with Gasteiger partial charge in [-0.3, -0.25) is 0 Å². The highest BCUT2D eigenvalue weighted by Gasteiger charge is 2.18. The number of alkyl halides is 1. The number of hydrogen-bond donors (Lipinski definition) is 0. The Morgan fingerprint density at radius 3 is 2.53 bits per heavy atom. The first-order valence-electron chi connectivity index (χ1n) is 5.08. The molecule has 0 heterocycles. The molecule has 0 N–H and O–H groups in total. The van der Waals surface area contributed by atoms with E-state index in [1.54, 1.807) is 0 Å². The topological polar surface area (TPSA) is 9.23 Å². The van der Waals surface area contributed by atoms with Gasteiger partial charge in [-0.25, -0.2) is 0 Å². The highest BCUT2D eigenvalue weighted by Crippen LogP contribution is 2.46. The van der Waals surface area contributed by atoms with E-state index in [4.69, 9.17) is 27.9 Å². The van der Waals surface area contributed by atoms with Crippen LogP contribution in [0, 0.1) is 0 Å². The first-order valence-corrected chi connectivity index (χ1v) is 8.52. The molecule has 1 rings (SSSR count). The molecule has 0 radical (unpaired) electrons. The van der Waals surface area contributed by atoms with Crippen LogP contribution in [0.15, 0.2) is 30.3 Å². The summed E-state index contributed by atoms with van der Waals surface area (Å²) in [4.78, 5) is 0. The van der Waals surface area contributed by atoms with Crippen molar-refractivity contribution < 1.29 is 4.52 Å². The van der Waals surface area contributed by atoms with Crippen LogP contribution in [0.25, 0.3) is 0 Å². The summed E-state index contributed by atoms with van der Waals surface area (Å²) in [5, 5.41) is 1.16. The van der Waals surface area contributed by atoms with Crippen LogP contribution in [0.3, 0.4) is 0 Å². The van der Waals surface area contributed by atoms with Gasteiger partial charge in [-0.05, 0) is 13.3 Å². The summed E-state index contributed by atoms with van der Waals surface area (Å²) in [5.41, 5.74) is 0. The predicted octanol–water partition coefficient (Wildman–Crippen LogP) is 3.37. The van der Waals surface area contributed by atoms with Crippen LogP contribution in [0.4, 0.5) is 0 Å². The standard InChI is InChI=1S/C11H16ClOPS/c1-2-13-14(15,10-6-9-12)11-7-4-3-5-8-11/h3-5,7-8H,2,6,9-10H2,1H3. The summed E-state index contributed by atoms with van der Waals surface area (Å²) in [5.74, 6) is 0.651. The molecule has 1 unspecified atom stereocenters. The molecule has 0 amide bonds. The predicted molar refractivity (Wildman–Crippen MR) is 72.2 cm³/mol. The van der Waals surface area contributed by atoms with Gasteiger partial charge < -0.3 is 4.52 Å². The molecular formula is C11H16ClOPS. The van der Waals surface area contributed by atoms with Gasteiger partial charge in [-0.2, -0.15) is 0 Å². The summed E-state index contributed by atoms with van der Waals surface area (Å²) >= 11 is 11.4. The van der Waals surface area contributed by atoms with Gasteiger partial charge in [0.05, 0.1) is 6.26 Å². The molecule has 0 aliphatic heterocycles. The average molecular weight is 263 g/mol. The van der Waals surface area contributed by atoms with E-state index in [9.17, 15) is 0 Å². The van der Waals surface area contributed by atoms with Crippen molar-refractivity contribution in [3.05, 3.63) is 30.3 Å². The molecule has 0 saturated heterocycles. The van der Waals surface area contributed by atoms with Crippen LogP contribution < -0.4 is 5.30 Å². The van der Waals surface area contributed by atoms with Crippen LogP contribution in [0.5, 0.6) is 0 Å². The molecule has 15 heavy (non-hydrogen) atoms. The molecule has 84 valence electrons. The Morgan fingerprint density at radius 1 is 1.33 bits per heavy atom. The Balaban J connectivity index is 2.86. The molecule has 0 bridgehead atoms. The van der Waals surface area contributed by atoms with Crippen LogP contribution >= 0.6 is 17.9 Å². The zero-order chi connectivity index (χ0) is 11.1. The third-order valence-electron chi connectivity index (χ3n) is 2.07. The van der Waals surface area contributed by atoms with Crippen molar-refractivity contribution in [2.24, 2.45) is 0 Å². The smallest absolute Gasteiger partial charge is 0.0947 e. The maximum absolute atomic E-state index is 5.78. The minimum atomic E-state index is -1.84. The van der Waals surface area contributed by atoms with E-state index in [1.807, 2.05) is 25.1 Å². The monoisotopic (exact) mass is 262 g/mol. The highest BCUT2D eigenvalue weighted by molar-refractivity contribution is 8.15. The number of halogens is 1. The van der Waals surface area contributed by atoms with E-state index >= 15 is 0 Å². The van der Waals surface area contributed by atoms with Crippen molar-refractivity contribution in [1.82, 2.24) is 0 Å². The third-order valence-corrected chi connectivity index (χ3v) is 6.50. The van der Waals surface area contributed by atoms with Crippen LogP contribution in [0.2, 0.25) is 0 Å². The van der Waals surface area contributed by atoms with Gasteiger partial charge in [-0.15, -0.1) is 11.6 Å². The fourth-order valence-corrected chi connectivity index (χ4v) is 4.94. The van der Waals surface area contributed by atoms with Crippen molar-refractivity contribution in [2.45, 2.75) is 13.3 Å². The van der Waals surface area contributed by atoms with Crippen molar-refractivity contribution in [1.29, 1.82) is 0 Å². The Kier molecular flexibility index (Phi) is 5.84. The quantitative estimate of drug-likeness (QED) is 0.574. The second-order valence-corrected chi connectivity index (χ2v) is 7.91. The maximum atomic E-state index is 5.78. The third kappa shape index (κ3) is 3.88. The fraction of sp³-hybridized carbons (Fsp3) is 0.455. The molecule has 0 saturated carbocycles.